The van der Waals surface area contributed by atoms with Gasteiger partial charge in [0.25, 0.3) is 5.91 Å². The van der Waals surface area contributed by atoms with Crippen molar-refractivity contribution in [3.05, 3.63) is 23.8 Å². The summed E-state index contributed by atoms with van der Waals surface area (Å²) in [6.45, 7) is 3.99. The first-order valence-electron chi connectivity index (χ1n) is 8.22. The van der Waals surface area contributed by atoms with Crippen LogP contribution in [-0.4, -0.2) is 48.2 Å². The molecule has 2 N–H and O–H groups in total. The lowest BCUT2D eigenvalue weighted by molar-refractivity contribution is -0.134. The van der Waals surface area contributed by atoms with Gasteiger partial charge in [0.2, 0.25) is 12.7 Å². The van der Waals surface area contributed by atoms with Gasteiger partial charge in [0.05, 0.1) is 0 Å². The highest BCUT2D eigenvalue weighted by atomic mass is 16.7. The molecule has 2 aliphatic heterocycles. The zero-order valence-electron chi connectivity index (χ0n) is 14.3. The molecular formula is C17H21N3O5. The standard InChI is InChI=1S/C17H21N3O5/c1-3-6-18-14(21)9-20-15(22)17(2,19-16(20)23)8-11-4-5-12-13(7-11)25-10-24-12/h4-5,7H,3,6,8-10H2,1-2H3,(H,18,21)(H,19,23)/t17-/m1/s1. The number of hydrogen-bond acceptors (Lipinski definition) is 5. The summed E-state index contributed by atoms with van der Waals surface area (Å²) in [5, 5.41) is 5.36. The summed E-state index contributed by atoms with van der Waals surface area (Å²) >= 11 is 0. The van der Waals surface area contributed by atoms with E-state index in [4.69, 9.17) is 9.47 Å². The highest BCUT2D eigenvalue weighted by molar-refractivity contribution is 6.08. The van der Waals surface area contributed by atoms with Gasteiger partial charge in [0, 0.05) is 13.0 Å². The molecule has 2 aliphatic rings. The summed E-state index contributed by atoms with van der Waals surface area (Å²) in [5.74, 6) is 0.512. The molecule has 0 radical (unpaired) electrons. The molecule has 1 atom stereocenters. The van der Waals surface area contributed by atoms with E-state index < -0.39 is 17.5 Å². The Labute approximate surface area is 145 Å². The van der Waals surface area contributed by atoms with Crippen molar-refractivity contribution >= 4 is 17.8 Å². The molecule has 4 amide bonds. The van der Waals surface area contributed by atoms with Gasteiger partial charge in [-0.2, -0.15) is 0 Å². The van der Waals surface area contributed by atoms with Gasteiger partial charge in [0.1, 0.15) is 12.1 Å². The van der Waals surface area contributed by atoms with Gasteiger partial charge in [-0.1, -0.05) is 13.0 Å². The second-order valence-corrected chi connectivity index (χ2v) is 6.37. The molecule has 0 bridgehead atoms. The SMILES string of the molecule is CCCNC(=O)CN1C(=O)N[C@](C)(Cc2ccc3c(c2)OCO3)C1=O. The van der Waals surface area contributed by atoms with Crippen molar-refractivity contribution in [3.63, 3.8) is 0 Å². The minimum atomic E-state index is -1.10. The van der Waals surface area contributed by atoms with Gasteiger partial charge in [-0.15, -0.1) is 0 Å². The number of carbonyl (C=O) groups excluding carboxylic acids is 3. The first-order valence-corrected chi connectivity index (χ1v) is 8.22. The van der Waals surface area contributed by atoms with Crippen molar-refractivity contribution in [1.82, 2.24) is 15.5 Å². The van der Waals surface area contributed by atoms with Crippen molar-refractivity contribution in [2.24, 2.45) is 0 Å². The average Bonchev–Trinajstić information content (AvgIpc) is 3.11. The highest BCUT2D eigenvalue weighted by Gasteiger charge is 2.48. The molecule has 8 heteroatoms. The van der Waals surface area contributed by atoms with E-state index in [1.54, 1.807) is 19.1 Å². The first kappa shape index (κ1) is 17.1. The number of nitrogens with zero attached hydrogens (tertiary/aromatic N) is 1. The van der Waals surface area contributed by atoms with Crippen LogP contribution in [0.3, 0.4) is 0 Å². The van der Waals surface area contributed by atoms with Crippen molar-refractivity contribution in [3.8, 4) is 11.5 Å². The van der Waals surface area contributed by atoms with Crippen LogP contribution in [0.5, 0.6) is 11.5 Å². The van der Waals surface area contributed by atoms with E-state index in [9.17, 15) is 14.4 Å². The molecule has 134 valence electrons. The predicted octanol–water partition coefficient (Wildman–Crippen LogP) is 0.794. The normalized spacial score (nSPS) is 21.4. The Balaban J connectivity index is 1.70. The Hall–Kier alpha value is -2.77. The number of nitrogens with one attached hydrogen (secondary N) is 2. The van der Waals surface area contributed by atoms with Gasteiger partial charge in [0.15, 0.2) is 11.5 Å². The summed E-state index contributed by atoms with van der Waals surface area (Å²) in [4.78, 5) is 37.6. The van der Waals surface area contributed by atoms with Crippen LogP contribution in [0.1, 0.15) is 25.8 Å². The number of imide groups is 1. The number of amides is 4. The maximum absolute atomic E-state index is 12.7. The van der Waals surface area contributed by atoms with Crippen LogP contribution < -0.4 is 20.1 Å². The predicted molar refractivity (Wildman–Crippen MR) is 88.2 cm³/mol. The molecule has 1 saturated heterocycles. The van der Waals surface area contributed by atoms with E-state index in [0.717, 1.165) is 16.9 Å². The fraction of sp³-hybridized carbons (Fsp3) is 0.471. The molecule has 8 nitrogen and oxygen atoms in total. The van der Waals surface area contributed by atoms with Crippen molar-refractivity contribution in [1.29, 1.82) is 0 Å². The van der Waals surface area contributed by atoms with Crippen LogP contribution in [0.25, 0.3) is 0 Å². The molecule has 0 saturated carbocycles. The second-order valence-electron chi connectivity index (χ2n) is 6.37. The average molecular weight is 347 g/mol. The number of rotatable bonds is 6. The molecule has 0 spiro atoms. The third-order valence-electron chi connectivity index (χ3n) is 4.21. The van der Waals surface area contributed by atoms with Gasteiger partial charge in [-0.25, -0.2) is 4.79 Å². The Morgan fingerprint density at radius 3 is 2.84 bits per heavy atom. The number of hydrogen-bond donors (Lipinski definition) is 2. The first-order chi connectivity index (χ1) is 11.9. The van der Waals surface area contributed by atoms with Gasteiger partial charge < -0.3 is 20.1 Å². The van der Waals surface area contributed by atoms with Gasteiger partial charge in [-0.3, -0.25) is 14.5 Å². The minimum absolute atomic E-state index is 0.173. The van der Waals surface area contributed by atoms with E-state index in [1.165, 1.54) is 0 Å². The molecule has 0 aliphatic carbocycles. The summed E-state index contributed by atoms with van der Waals surface area (Å²) in [7, 11) is 0. The number of ether oxygens (including phenoxy) is 2. The van der Waals surface area contributed by atoms with E-state index >= 15 is 0 Å². The van der Waals surface area contributed by atoms with Crippen LogP contribution >= 0.6 is 0 Å². The highest BCUT2D eigenvalue weighted by Crippen LogP contribution is 2.34. The molecule has 1 aromatic carbocycles. The molecule has 0 aromatic heterocycles. The summed E-state index contributed by atoms with van der Waals surface area (Å²) in [6.07, 6.45) is 1.08. The summed E-state index contributed by atoms with van der Waals surface area (Å²) < 4.78 is 10.6. The lowest BCUT2D eigenvalue weighted by Gasteiger charge is -2.21. The third kappa shape index (κ3) is 3.38. The van der Waals surface area contributed by atoms with Crippen molar-refractivity contribution in [2.45, 2.75) is 32.2 Å². The molecular weight excluding hydrogens is 326 g/mol. The number of urea groups is 1. The molecule has 25 heavy (non-hydrogen) atoms. The van der Waals surface area contributed by atoms with Crippen LogP contribution in [-0.2, 0) is 16.0 Å². The summed E-state index contributed by atoms with van der Waals surface area (Å²) in [5.41, 5.74) is -0.270. The van der Waals surface area contributed by atoms with E-state index in [1.807, 2.05) is 13.0 Å². The fourth-order valence-corrected chi connectivity index (χ4v) is 2.93. The molecule has 1 fully saturated rings. The third-order valence-corrected chi connectivity index (χ3v) is 4.21. The van der Waals surface area contributed by atoms with Crippen LogP contribution in [0.2, 0.25) is 0 Å². The maximum atomic E-state index is 12.7. The maximum Gasteiger partial charge on any atom is 0.325 e. The number of carbonyl (C=O) groups is 3. The van der Waals surface area contributed by atoms with E-state index in [2.05, 4.69) is 10.6 Å². The fourth-order valence-electron chi connectivity index (χ4n) is 2.93. The minimum Gasteiger partial charge on any atom is -0.454 e. The van der Waals surface area contributed by atoms with Gasteiger partial charge in [-0.05, 0) is 31.0 Å². The smallest absolute Gasteiger partial charge is 0.325 e. The van der Waals surface area contributed by atoms with Crippen LogP contribution in [0.15, 0.2) is 18.2 Å². The molecule has 3 rings (SSSR count). The largest absolute Gasteiger partial charge is 0.454 e. The number of benzene rings is 1. The van der Waals surface area contributed by atoms with E-state index in [0.29, 0.717) is 24.5 Å². The monoisotopic (exact) mass is 347 g/mol. The summed E-state index contributed by atoms with van der Waals surface area (Å²) in [6, 6.07) is 4.84. The Morgan fingerprint density at radius 1 is 1.32 bits per heavy atom. The van der Waals surface area contributed by atoms with E-state index in [-0.39, 0.29) is 19.2 Å². The van der Waals surface area contributed by atoms with Crippen LogP contribution in [0.4, 0.5) is 4.79 Å². The number of fused-ring (bicyclic) bond motifs is 1. The lowest BCUT2D eigenvalue weighted by atomic mass is 9.92. The molecule has 1 aromatic rings. The van der Waals surface area contributed by atoms with Crippen molar-refractivity contribution < 1.29 is 23.9 Å². The molecule has 0 unspecified atom stereocenters. The lowest BCUT2D eigenvalue weighted by Crippen LogP contribution is -2.46. The Bertz CT molecular complexity index is 720. The Kier molecular flexibility index (Phi) is 4.52. The quantitative estimate of drug-likeness (QED) is 0.742. The second kappa shape index (κ2) is 6.62. The van der Waals surface area contributed by atoms with Crippen LogP contribution in [0, 0.1) is 0 Å². The van der Waals surface area contributed by atoms with Gasteiger partial charge >= 0.3 is 6.03 Å². The van der Waals surface area contributed by atoms with Crippen molar-refractivity contribution in [2.75, 3.05) is 19.9 Å². The zero-order chi connectivity index (χ0) is 18.0. The zero-order valence-corrected chi connectivity index (χ0v) is 14.3. The molecule has 2 heterocycles. The Morgan fingerprint density at radius 2 is 2.08 bits per heavy atom. The topological polar surface area (TPSA) is 97.0 Å².